The van der Waals surface area contributed by atoms with Crippen molar-refractivity contribution in [3.8, 4) is 11.5 Å². The van der Waals surface area contributed by atoms with Crippen molar-refractivity contribution in [3.05, 3.63) is 17.7 Å². The number of hydrogen-bond donors (Lipinski definition) is 1. The molecule has 0 radical (unpaired) electrons. The zero-order valence-electron chi connectivity index (χ0n) is 13.9. The summed E-state index contributed by atoms with van der Waals surface area (Å²) in [5.41, 5.74) is 6.40. The van der Waals surface area contributed by atoms with E-state index in [1.165, 1.54) is 24.6 Å². The quantitative estimate of drug-likeness (QED) is 0.797. The molecule has 6 nitrogen and oxygen atoms in total. The summed E-state index contributed by atoms with van der Waals surface area (Å²) in [4.78, 5) is 0.228. The van der Waals surface area contributed by atoms with Gasteiger partial charge in [0.25, 0.3) is 0 Å². The normalized spacial score (nSPS) is 15.9. The van der Waals surface area contributed by atoms with E-state index < -0.39 is 10.0 Å². The van der Waals surface area contributed by atoms with Crippen LogP contribution in [0.3, 0.4) is 0 Å². The molecule has 2 N–H and O–H groups in total. The maximum atomic E-state index is 12.9. The Morgan fingerprint density at radius 1 is 1.26 bits per heavy atom. The lowest BCUT2D eigenvalue weighted by Gasteiger charge is -2.27. The largest absolute Gasteiger partial charge is 0.493 e. The maximum Gasteiger partial charge on any atom is 0.243 e. The fourth-order valence-corrected chi connectivity index (χ4v) is 4.34. The van der Waals surface area contributed by atoms with Gasteiger partial charge in [-0.2, -0.15) is 4.31 Å². The number of rotatable bonds is 7. The molecule has 0 aromatic heterocycles. The van der Waals surface area contributed by atoms with Crippen LogP contribution in [0.2, 0.25) is 0 Å². The number of halogens is 1. The summed E-state index contributed by atoms with van der Waals surface area (Å²) in [6.07, 6.45) is 2.07. The second kappa shape index (κ2) is 7.70. The van der Waals surface area contributed by atoms with E-state index in [9.17, 15) is 8.42 Å². The fourth-order valence-electron chi connectivity index (χ4n) is 2.69. The lowest BCUT2D eigenvalue weighted by Crippen LogP contribution is -2.43. The Balaban J connectivity index is 0.00000264. The second-order valence-electron chi connectivity index (χ2n) is 5.63. The van der Waals surface area contributed by atoms with Gasteiger partial charge in [-0.05, 0) is 37.3 Å². The topological polar surface area (TPSA) is 81.9 Å². The molecule has 1 unspecified atom stereocenters. The van der Waals surface area contributed by atoms with Crippen LogP contribution in [0.25, 0.3) is 0 Å². The molecule has 23 heavy (non-hydrogen) atoms. The number of ether oxygens (including phenoxy) is 2. The minimum absolute atomic E-state index is 0. The number of nitrogens with two attached hydrogens (primary N) is 1. The Hall–Kier alpha value is -1.02. The number of likely N-dealkylation sites (N-methyl/N-ethyl adjacent to an activating group) is 1. The summed E-state index contributed by atoms with van der Waals surface area (Å²) >= 11 is 0. The molecule has 0 amide bonds. The number of methoxy groups -OCH3 is 2. The van der Waals surface area contributed by atoms with E-state index in [4.69, 9.17) is 15.2 Å². The predicted octanol–water partition coefficient (Wildman–Crippen LogP) is 1.79. The zero-order valence-corrected chi connectivity index (χ0v) is 15.5. The molecule has 0 bridgehead atoms. The van der Waals surface area contributed by atoms with E-state index in [-0.39, 0.29) is 23.3 Å². The van der Waals surface area contributed by atoms with E-state index in [1.807, 2.05) is 0 Å². The third-order valence-electron chi connectivity index (χ3n) is 4.21. The minimum atomic E-state index is -3.63. The van der Waals surface area contributed by atoms with Crippen LogP contribution in [-0.2, 0) is 10.0 Å². The first-order valence-electron chi connectivity index (χ1n) is 7.27. The first kappa shape index (κ1) is 20.0. The monoisotopic (exact) mass is 364 g/mol. The van der Waals surface area contributed by atoms with Crippen molar-refractivity contribution in [2.45, 2.75) is 30.7 Å². The Morgan fingerprint density at radius 2 is 1.78 bits per heavy atom. The van der Waals surface area contributed by atoms with Crippen LogP contribution in [-0.4, -0.2) is 46.6 Å². The van der Waals surface area contributed by atoms with Crippen LogP contribution in [0.4, 0.5) is 0 Å². The number of aryl methyl sites for hydroxylation is 1. The molecular formula is C15H25ClN2O4S. The van der Waals surface area contributed by atoms with Gasteiger partial charge in [0.15, 0.2) is 11.5 Å². The van der Waals surface area contributed by atoms with Crippen LogP contribution < -0.4 is 15.2 Å². The van der Waals surface area contributed by atoms with Gasteiger partial charge in [0.1, 0.15) is 0 Å². The number of hydrogen-bond acceptors (Lipinski definition) is 5. The van der Waals surface area contributed by atoms with Gasteiger partial charge in [0.05, 0.1) is 19.1 Å². The minimum Gasteiger partial charge on any atom is -0.493 e. The molecule has 2 rings (SSSR count). The molecule has 1 aliphatic carbocycles. The highest BCUT2D eigenvalue weighted by molar-refractivity contribution is 7.89. The Morgan fingerprint density at radius 3 is 2.22 bits per heavy atom. The molecule has 1 fully saturated rings. The molecule has 0 heterocycles. The van der Waals surface area contributed by atoms with Gasteiger partial charge >= 0.3 is 0 Å². The highest BCUT2D eigenvalue weighted by Crippen LogP contribution is 2.38. The lowest BCUT2D eigenvalue weighted by molar-refractivity contribution is 0.338. The highest BCUT2D eigenvalue weighted by Gasteiger charge is 2.38. The van der Waals surface area contributed by atoms with Gasteiger partial charge in [-0.3, -0.25) is 0 Å². The number of nitrogens with zero attached hydrogens (tertiary/aromatic N) is 1. The van der Waals surface area contributed by atoms with Crippen LogP contribution in [0.5, 0.6) is 11.5 Å². The van der Waals surface area contributed by atoms with Crippen molar-refractivity contribution in [2.24, 2.45) is 11.7 Å². The zero-order chi connectivity index (χ0) is 16.5. The van der Waals surface area contributed by atoms with Gasteiger partial charge < -0.3 is 15.2 Å². The van der Waals surface area contributed by atoms with Gasteiger partial charge in [0, 0.05) is 25.7 Å². The Labute approximate surface area is 144 Å². The van der Waals surface area contributed by atoms with E-state index >= 15 is 0 Å². The summed E-state index contributed by atoms with van der Waals surface area (Å²) < 4.78 is 37.7. The SMILES string of the molecule is COc1cc(C)c(S(=O)(=O)N(C)C(CN)C2CC2)cc1OC.Cl. The van der Waals surface area contributed by atoms with Crippen LogP contribution in [0.15, 0.2) is 17.0 Å². The second-order valence-corrected chi connectivity index (χ2v) is 7.60. The standard InChI is InChI=1S/C15H24N2O4S.ClH/c1-10-7-13(20-3)14(21-4)8-15(10)22(18,19)17(2)12(9-16)11-5-6-11;/h7-8,11-12H,5-6,9,16H2,1-4H3;1H. The highest BCUT2D eigenvalue weighted by atomic mass is 35.5. The number of sulfonamides is 1. The van der Waals surface area contributed by atoms with Crippen LogP contribution >= 0.6 is 12.4 Å². The first-order chi connectivity index (χ1) is 10.4. The fraction of sp³-hybridized carbons (Fsp3) is 0.600. The van der Waals surface area contributed by atoms with Crippen molar-refractivity contribution in [1.29, 1.82) is 0 Å². The van der Waals surface area contributed by atoms with Gasteiger partial charge in [-0.25, -0.2) is 8.42 Å². The molecule has 0 spiro atoms. The molecule has 0 saturated heterocycles. The molecule has 1 aromatic carbocycles. The molecule has 0 aliphatic heterocycles. The Kier molecular flexibility index (Phi) is 6.70. The summed E-state index contributed by atoms with van der Waals surface area (Å²) in [5.74, 6) is 1.28. The van der Waals surface area contributed by atoms with Crippen molar-refractivity contribution in [2.75, 3.05) is 27.8 Å². The smallest absolute Gasteiger partial charge is 0.243 e. The van der Waals surface area contributed by atoms with E-state index in [2.05, 4.69) is 0 Å². The lowest BCUT2D eigenvalue weighted by atomic mass is 10.2. The molecular weight excluding hydrogens is 340 g/mol. The van der Waals surface area contributed by atoms with Crippen molar-refractivity contribution >= 4 is 22.4 Å². The first-order valence-corrected chi connectivity index (χ1v) is 8.71. The molecule has 1 aliphatic rings. The average molecular weight is 365 g/mol. The van der Waals surface area contributed by atoms with Crippen molar-refractivity contribution in [3.63, 3.8) is 0 Å². The molecule has 1 aromatic rings. The number of benzene rings is 1. The Bertz CT molecular complexity index is 647. The average Bonchev–Trinajstić information content (AvgIpc) is 3.32. The molecule has 1 saturated carbocycles. The van der Waals surface area contributed by atoms with Crippen LogP contribution in [0.1, 0.15) is 18.4 Å². The molecule has 132 valence electrons. The third kappa shape index (κ3) is 3.91. The van der Waals surface area contributed by atoms with E-state index in [1.54, 1.807) is 20.0 Å². The van der Waals surface area contributed by atoms with Crippen molar-refractivity contribution < 1.29 is 17.9 Å². The summed E-state index contributed by atoms with van der Waals surface area (Å²) in [7, 11) is 0.982. The van der Waals surface area contributed by atoms with Gasteiger partial charge in [-0.1, -0.05) is 0 Å². The van der Waals surface area contributed by atoms with Crippen LogP contribution in [0, 0.1) is 12.8 Å². The summed E-state index contributed by atoms with van der Waals surface area (Å²) in [5, 5.41) is 0. The van der Waals surface area contributed by atoms with E-state index in [0.29, 0.717) is 29.5 Å². The van der Waals surface area contributed by atoms with Gasteiger partial charge in [-0.15, -0.1) is 12.4 Å². The van der Waals surface area contributed by atoms with Gasteiger partial charge in [0.2, 0.25) is 10.0 Å². The summed E-state index contributed by atoms with van der Waals surface area (Å²) in [6.45, 7) is 2.07. The van der Waals surface area contributed by atoms with Crippen molar-refractivity contribution in [1.82, 2.24) is 4.31 Å². The van der Waals surface area contributed by atoms with E-state index in [0.717, 1.165) is 12.8 Å². The summed E-state index contributed by atoms with van der Waals surface area (Å²) in [6, 6.07) is 3.03. The molecule has 1 atom stereocenters. The molecule has 8 heteroatoms. The third-order valence-corrected chi connectivity index (χ3v) is 6.24. The predicted molar refractivity (Wildman–Crippen MR) is 92.0 cm³/mol. The maximum absolute atomic E-state index is 12.9.